The maximum atomic E-state index is 13.1. The SMILES string of the molecule is COC1(C2CCCCC2)C=C2CC(c3ncc(CCC(=O)N4CCOCC4)o3)Cn3c(cc4ccc(C(=O)NS(=O)(=O)N(C)C)cc43)C2=CC1. The predicted octanol–water partition coefficient (Wildman–Crippen LogP) is 4.82. The third kappa shape index (κ3) is 6.80. The Bertz CT molecular complexity index is 1930. The van der Waals surface area contributed by atoms with Gasteiger partial charge in [-0.2, -0.15) is 12.7 Å². The number of amides is 2. The number of ether oxygens (including phenoxy) is 2. The molecule has 0 radical (unpaired) electrons. The van der Waals surface area contributed by atoms with E-state index in [1.54, 1.807) is 18.3 Å². The molecule has 4 heterocycles. The maximum Gasteiger partial charge on any atom is 0.303 e. The van der Waals surface area contributed by atoms with Gasteiger partial charge in [-0.15, -0.1) is 0 Å². The highest BCUT2D eigenvalue weighted by atomic mass is 32.2. The van der Waals surface area contributed by atoms with Crippen molar-refractivity contribution in [3.05, 3.63) is 71.1 Å². The van der Waals surface area contributed by atoms with Crippen molar-refractivity contribution in [2.45, 2.75) is 75.9 Å². The molecule has 1 saturated heterocycles. The predicted molar refractivity (Wildman–Crippen MR) is 189 cm³/mol. The molecule has 2 fully saturated rings. The third-order valence-electron chi connectivity index (χ3n) is 10.9. The van der Waals surface area contributed by atoms with Crippen LogP contribution < -0.4 is 4.72 Å². The number of methoxy groups -OCH3 is 1. The fourth-order valence-corrected chi connectivity index (χ4v) is 8.61. The Balaban J connectivity index is 1.24. The smallest absolute Gasteiger partial charge is 0.303 e. The van der Waals surface area contributed by atoms with Gasteiger partial charge in [0.1, 0.15) is 5.76 Å². The van der Waals surface area contributed by atoms with E-state index >= 15 is 0 Å². The van der Waals surface area contributed by atoms with E-state index in [-0.39, 0.29) is 23.0 Å². The first-order chi connectivity index (χ1) is 24.1. The quantitative estimate of drug-likeness (QED) is 0.335. The van der Waals surface area contributed by atoms with Gasteiger partial charge in [-0.3, -0.25) is 9.59 Å². The standard InChI is InChI=1S/C37H47N5O7S/c1-40(2)50(45,46)39-35(44)26-10-9-25-20-33-31-13-14-37(47-3,29-7-5-4-6-8-29)22-27(31)19-28(24-42(33)32(25)21-26)36-38-23-30(49-36)11-12-34(43)41-15-17-48-18-16-41/h9-10,13,20-23,28-29H,4-8,11-12,14-19,24H2,1-3H3,(H,39,44). The lowest BCUT2D eigenvalue weighted by Gasteiger charge is -2.42. The molecule has 268 valence electrons. The summed E-state index contributed by atoms with van der Waals surface area (Å²) in [6, 6.07) is 7.43. The molecule has 50 heavy (non-hydrogen) atoms. The van der Waals surface area contributed by atoms with Crippen LogP contribution in [0.3, 0.4) is 0 Å². The topological polar surface area (TPSA) is 136 Å². The van der Waals surface area contributed by atoms with Crippen LogP contribution in [0.1, 0.15) is 85.0 Å². The minimum Gasteiger partial charge on any atom is -0.445 e. The highest BCUT2D eigenvalue weighted by Crippen LogP contribution is 2.48. The molecular weight excluding hydrogens is 659 g/mol. The fourth-order valence-electron chi connectivity index (χ4n) is 8.07. The van der Waals surface area contributed by atoms with Gasteiger partial charge in [0, 0.05) is 75.8 Å². The summed E-state index contributed by atoms with van der Waals surface area (Å²) in [5.74, 6) is 0.965. The molecule has 7 rings (SSSR count). The first-order valence-corrected chi connectivity index (χ1v) is 19.2. The van der Waals surface area contributed by atoms with Crippen molar-refractivity contribution in [2.75, 3.05) is 47.5 Å². The normalized spacial score (nSPS) is 23.2. The summed E-state index contributed by atoms with van der Waals surface area (Å²) >= 11 is 0. The van der Waals surface area contributed by atoms with Gasteiger partial charge in [0.2, 0.25) is 5.91 Å². The fraction of sp³-hybridized carbons (Fsp3) is 0.541. The Hall–Kier alpha value is -3.78. The van der Waals surface area contributed by atoms with Gasteiger partial charge in [0.15, 0.2) is 5.89 Å². The van der Waals surface area contributed by atoms with Crippen molar-refractivity contribution in [3.63, 3.8) is 0 Å². The van der Waals surface area contributed by atoms with Crippen LogP contribution in [-0.4, -0.2) is 92.1 Å². The van der Waals surface area contributed by atoms with Crippen molar-refractivity contribution in [1.82, 2.24) is 23.5 Å². The summed E-state index contributed by atoms with van der Waals surface area (Å²) < 4.78 is 48.4. The Morgan fingerprint density at radius 2 is 1.90 bits per heavy atom. The van der Waals surface area contributed by atoms with Crippen molar-refractivity contribution in [1.29, 1.82) is 0 Å². The number of hydrogen-bond acceptors (Lipinski definition) is 8. The van der Waals surface area contributed by atoms with Crippen LogP contribution >= 0.6 is 0 Å². The lowest BCUT2D eigenvalue weighted by molar-refractivity contribution is -0.135. The van der Waals surface area contributed by atoms with Gasteiger partial charge in [-0.1, -0.05) is 31.4 Å². The number of rotatable bonds is 9. The minimum absolute atomic E-state index is 0.0863. The lowest BCUT2D eigenvalue weighted by Crippen LogP contribution is -2.40. The van der Waals surface area contributed by atoms with Gasteiger partial charge in [0.05, 0.1) is 30.9 Å². The summed E-state index contributed by atoms with van der Waals surface area (Å²) in [5.41, 5.74) is 4.04. The number of aromatic nitrogens is 2. The molecule has 13 heteroatoms. The summed E-state index contributed by atoms with van der Waals surface area (Å²) in [6.07, 6.45) is 14.7. The van der Waals surface area contributed by atoms with Crippen molar-refractivity contribution in [2.24, 2.45) is 5.92 Å². The molecule has 2 unspecified atom stereocenters. The monoisotopic (exact) mass is 705 g/mol. The molecular formula is C37H47N5O7S. The van der Waals surface area contributed by atoms with Crippen molar-refractivity contribution < 1.29 is 31.9 Å². The summed E-state index contributed by atoms with van der Waals surface area (Å²) in [6.45, 7) is 2.88. The molecule has 2 aromatic heterocycles. The van der Waals surface area contributed by atoms with Gasteiger partial charge in [-0.25, -0.2) is 9.71 Å². The van der Waals surface area contributed by atoms with Crippen LogP contribution in [0.4, 0.5) is 0 Å². The number of benzene rings is 1. The van der Waals surface area contributed by atoms with E-state index in [0.717, 1.165) is 45.7 Å². The highest BCUT2D eigenvalue weighted by Gasteiger charge is 2.41. The van der Waals surface area contributed by atoms with Crippen LogP contribution in [0.2, 0.25) is 0 Å². The number of aryl methyl sites for hydroxylation is 1. The molecule has 1 N–H and O–H groups in total. The second-order valence-electron chi connectivity index (χ2n) is 14.2. The van der Waals surface area contributed by atoms with Crippen LogP contribution in [0, 0.1) is 5.92 Å². The maximum absolute atomic E-state index is 13.1. The highest BCUT2D eigenvalue weighted by molar-refractivity contribution is 7.87. The van der Waals surface area contributed by atoms with E-state index in [1.807, 2.05) is 18.1 Å². The number of nitrogens with zero attached hydrogens (tertiary/aromatic N) is 4. The first-order valence-electron chi connectivity index (χ1n) is 17.7. The molecule has 2 atom stereocenters. The van der Waals surface area contributed by atoms with E-state index in [4.69, 9.17) is 18.9 Å². The molecule has 1 saturated carbocycles. The zero-order chi connectivity index (χ0) is 35.0. The van der Waals surface area contributed by atoms with Crippen LogP contribution in [0.15, 0.2) is 52.6 Å². The van der Waals surface area contributed by atoms with Gasteiger partial charge < -0.3 is 23.4 Å². The number of carbonyl (C=O) groups excluding carboxylic acids is 2. The van der Waals surface area contributed by atoms with Crippen molar-refractivity contribution in [3.8, 4) is 0 Å². The van der Waals surface area contributed by atoms with E-state index < -0.39 is 16.1 Å². The molecule has 0 spiro atoms. The number of morpholine rings is 1. The van der Waals surface area contributed by atoms with Crippen molar-refractivity contribution >= 4 is 38.5 Å². The molecule has 2 aliphatic heterocycles. The second kappa shape index (κ2) is 14.1. The Labute approximate surface area is 293 Å². The minimum atomic E-state index is -3.96. The number of hydrogen-bond donors (Lipinski definition) is 1. The van der Waals surface area contributed by atoms with E-state index in [2.05, 4.69) is 27.5 Å². The summed E-state index contributed by atoms with van der Waals surface area (Å²) in [5, 5.41) is 0.943. The average molecular weight is 706 g/mol. The Morgan fingerprint density at radius 3 is 2.64 bits per heavy atom. The van der Waals surface area contributed by atoms with Crippen LogP contribution in [-0.2, 0) is 37.4 Å². The number of allylic oxidation sites excluding steroid dienone is 2. The summed E-state index contributed by atoms with van der Waals surface area (Å²) in [4.78, 5) is 32.6. The number of oxazole rings is 1. The second-order valence-corrected chi connectivity index (χ2v) is 16.1. The molecule has 4 aliphatic rings. The molecule has 12 nitrogen and oxygen atoms in total. The molecule has 2 aliphatic carbocycles. The van der Waals surface area contributed by atoms with Gasteiger partial charge >= 0.3 is 10.2 Å². The largest absolute Gasteiger partial charge is 0.445 e. The number of fused-ring (bicyclic) bond motifs is 5. The first kappa shape index (κ1) is 34.7. The lowest BCUT2D eigenvalue weighted by atomic mass is 9.71. The molecule has 1 aromatic carbocycles. The van der Waals surface area contributed by atoms with Gasteiger partial charge in [-0.05, 0) is 67.0 Å². The number of carbonyl (C=O) groups is 2. The van der Waals surface area contributed by atoms with E-state index in [0.29, 0.717) is 69.7 Å². The van der Waals surface area contributed by atoms with E-state index in [1.165, 1.54) is 38.9 Å². The summed E-state index contributed by atoms with van der Waals surface area (Å²) in [7, 11) is 0.617. The van der Waals surface area contributed by atoms with E-state index in [9.17, 15) is 18.0 Å². The Kier molecular flexibility index (Phi) is 9.77. The van der Waals surface area contributed by atoms with Crippen LogP contribution in [0.5, 0.6) is 0 Å². The van der Waals surface area contributed by atoms with Gasteiger partial charge in [0.25, 0.3) is 5.91 Å². The van der Waals surface area contributed by atoms with Crippen LogP contribution in [0.25, 0.3) is 16.5 Å². The zero-order valence-corrected chi connectivity index (χ0v) is 30.0. The average Bonchev–Trinajstić information content (AvgIpc) is 3.71. The number of nitrogens with one attached hydrogen (secondary N) is 1. The molecule has 2 amide bonds. The Morgan fingerprint density at radius 1 is 1.12 bits per heavy atom. The molecule has 0 bridgehead atoms. The molecule has 3 aromatic rings. The third-order valence-corrected chi connectivity index (χ3v) is 12.4. The zero-order valence-electron chi connectivity index (χ0n) is 29.2.